The maximum atomic E-state index is 10.4. The number of aliphatic hydroxyl groups is 1. The van der Waals surface area contributed by atoms with Gasteiger partial charge in [-0.3, -0.25) is 4.98 Å². The highest BCUT2D eigenvalue weighted by Crippen LogP contribution is 2.39. The van der Waals surface area contributed by atoms with E-state index < -0.39 is 0 Å². The summed E-state index contributed by atoms with van der Waals surface area (Å²) in [5, 5.41) is 11.5. The highest BCUT2D eigenvalue weighted by molar-refractivity contribution is 5.82. The molecule has 1 fully saturated rings. The summed E-state index contributed by atoms with van der Waals surface area (Å²) >= 11 is 0. The number of nitrogens with zero attached hydrogens (tertiary/aromatic N) is 1. The lowest BCUT2D eigenvalue weighted by atomic mass is 9.78. The van der Waals surface area contributed by atoms with Gasteiger partial charge in [-0.25, -0.2) is 0 Å². The molecule has 0 aliphatic heterocycles. The zero-order valence-corrected chi connectivity index (χ0v) is 10.1. The molecule has 17 heavy (non-hydrogen) atoms. The quantitative estimate of drug-likeness (QED) is 0.853. The average Bonchev–Trinajstić information content (AvgIpc) is 2.25. The van der Waals surface area contributed by atoms with Crippen LogP contribution < -0.4 is 0 Å². The van der Waals surface area contributed by atoms with Gasteiger partial charge in [0.2, 0.25) is 0 Å². The van der Waals surface area contributed by atoms with Crippen LogP contribution in [0.4, 0.5) is 0 Å². The summed E-state index contributed by atoms with van der Waals surface area (Å²) in [6, 6.07) is 10.1. The lowest BCUT2D eigenvalue weighted by Gasteiger charge is -2.31. The van der Waals surface area contributed by atoms with Crippen molar-refractivity contribution in [2.24, 2.45) is 5.92 Å². The first kappa shape index (κ1) is 10.7. The van der Waals surface area contributed by atoms with Crippen LogP contribution in [0.3, 0.4) is 0 Å². The molecule has 1 N–H and O–H groups in total. The number of fused-ring (bicyclic) bond motifs is 1. The fourth-order valence-electron chi connectivity index (χ4n) is 2.59. The van der Waals surface area contributed by atoms with E-state index in [1.165, 1.54) is 6.42 Å². The van der Waals surface area contributed by atoms with Gasteiger partial charge in [0.15, 0.2) is 0 Å². The Morgan fingerprint density at radius 3 is 2.76 bits per heavy atom. The van der Waals surface area contributed by atoms with Gasteiger partial charge < -0.3 is 5.11 Å². The minimum absolute atomic E-state index is 0.324. The molecule has 2 nitrogen and oxygen atoms in total. The highest BCUT2D eigenvalue weighted by atomic mass is 16.3. The molecule has 1 heterocycles. The predicted octanol–water partition coefficient (Wildman–Crippen LogP) is 3.38. The van der Waals surface area contributed by atoms with Crippen LogP contribution in [0.1, 0.15) is 36.6 Å². The third-order valence-electron chi connectivity index (χ3n) is 3.79. The second-order valence-corrected chi connectivity index (χ2v) is 5.01. The zero-order valence-electron chi connectivity index (χ0n) is 10.1. The van der Waals surface area contributed by atoms with Crippen LogP contribution in [0.5, 0.6) is 0 Å². The largest absolute Gasteiger partial charge is 0.388 e. The van der Waals surface area contributed by atoms with Gasteiger partial charge in [-0.2, -0.15) is 0 Å². The minimum atomic E-state index is -0.324. The molecule has 88 valence electrons. The Labute approximate surface area is 101 Å². The Bertz CT molecular complexity index is 546. The summed E-state index contributed by atoms with van der Waals surface area (Å²) < 4.78 is 0. The lowest BCUT2D eigenvalue weighted by molar-refractivity contribution is 0.0632. The number of aliphatic hydroxyl groups excluding tert-OH is 1. The van der Waals surface area contributed by atoms with Crippen molar-refractivity contribution in [1.82, 2.24) is 4.98 Å². The standard InChI is InChI=1S/C15H17NO/c1-10-9-13(15(17)11-5-4-6-11)12-7-2-3-8-14(12)16-10/h2-3,7-9,11,15,17H,4-6H2,1H3. The van der Waals surface area contributed by atoms with E-state index in [9.17, 15) is 5.11 Å². The molecule has 2 heteroatoms. The molecule has 1 aliphatic carbocycles. The molecule has 0 bridgehead atoms. The van der Waals surface area contributed by atoms with Crippen LogP contribution in [-0.2, 0) is 0 Å². The maximum absolute atomic E-state index is 10.4. The average molecular weight is 227 g/mol. The fourth-order valence-corrected chi connectivity index (χ4v) is 2.59. The molecular weight excluding hydrogens is 210 g/mol. The monoisotopic (exact) mass is 227 g/mol. The van der Waals surface area contributed by atoms with Crippen molar-refractivity contribution >= 4 is 10.9 Å². The van der Waals surface area contributed by atoms with Gasteiger partial charge in [0, 0.05) is 11.1 Å². The number of aromatic nitrogens is 1. The first-order chi connectivity index (χ1) is 8.25. The van der Waals surface area contributed by atoms with E-state index in [0.29, 0.717) is 5.92 Å². The summed E-state index contributed by atoms with van der Waals surface area (Å²) in [7, 11) is 0. The maximum Gasteiger partial charge on any atom is 0.0825 e. The van der Waals surface area contributed by atoms with Crippen LogP contribution in [0.15, 0.2) is 30.3 Å². The molecular formula is C15H17NO. The molecule has 1 atom stereocenters. The van der Waals surface area contributed by atoms with Crippen LogP contribution >= 0.6 is 0 Å². The van der Waals surface area contributed by atoms with Crippen molar-refractivity contribution in [1.29, 1.82) is 0 Å². The van der Waals surface area contributed by atoms with Crippen molar-refractivity contribution in [2.45, 2.75) is 32.3 Å². The Balaban J connectivity index is 2.13. The Morgan fingerprint density at radius 2 is 2.06 bits per heavy atom. The van der Waals surface area contributed by atoms with Gasteiger partial charge in [-0.1, -0.05) is 24.6 Å². The van der Waals surface area contributed by atoms with Crippen LogP contribution in [0.2, 0.25) is 0 Å². The van der Waals surface area contributed by atoms with Crippen molar-refractivity contribution in [3.05, 3.63) is 41.6 Å². The van der Waals surface area contributed by atoms with Crippen molar-refractivity contribution in [3.63, 3.8) is 0 Å². The summed E-state index contributed by atoms with van der Waals surface area (Å²) in [4.78, 5) is 4.51. The van der Waals surface area contributed by atoms with Gasteiger partial charge >= 0.3 is 0 Å². The first-order valence-electron chi connectivity index (χ1n) is 6.30. The Morgan fingerprint density at radius 1 is 1.29 bits per heavy atom. The molecule has 0 amide bonds. The summed E-state index contributed by atoms with van der Waals surface area (Å²) in [6.07, 6.45) is 3.23. The van der Waals surface area contributed by atoms with E-state index in [-0.39, 0.29) is 6.10 Å². The lowest BCUT2D eigenvalue weighted by Crippen LogP contribution is -2.20. The first-order valence-corrected chi connectivity index (χ1v) is 6.30. The number of hydrogen-bond acceptors (Lipinski definition) is 2. The van der Waals surface area contributed by atoms with E-state index in [2.05, 4.69) is 11.1 Å². The van der Waals surface area contributed by atoms with Crippen LogP contribution in [-0.4, -0.2) is 10.1 Å². The number of pyridine rings is 1. The van der Waals surface area contributed by atoms with E-state index in [0.717, 1.165) is 35.0 Å². The highest BCUT2D eigenvalue weighted by Gasteiger charge is 2.28. The molecule has 1 unspecified atom stereocenters. The number of rotatable bonds is 2. The van der Waals surface area contributed by atoms with Crippen molar-refractivity contribution in [2.75, 3.05) is 0 Å². The number of aryl methyl sites for hydroxylation is 1. The smallest absolute Gasteiger partial charge is 0.0825 e. The molecule has 1 saturated carbocycles. The topological polar surface area (TPSA) is 33.1 Å². The van der Waals surface area contributed by atoms with Gasteiger partial charge in [0.25, 0.3) is 0 Å². The number of benzene rings is 1. The normalized spacial score (nSPS) is 18.0. The van der Waals surface area contributed by atoms with Gasteiger partial charge in [-0.15, -0.1) is 0 Å². The Kier molecular flexibility index (Phi) is 2.60. The van der Waals surface area contributed by atoms with Crippen LogP contribution in [0.25, 0.3) is 10.9 Å². The third kappa shape index (κ3) is 1.83. The van der Waals surface area contributed by atoms with Gasteiger partial charge in [0.1, 0.15) is 0 Å². The third-order valence-corrected chi connectivity index (χ3v) is 3.79. The van der Waals surface area contributed by atoms with Crippen molar-refractivity contribution < 1.29 is 5.11 Å². The second-order valence-electron chi connectivity index (χ2n) is 5.01. The SMILES string of the molecule is Cc1cc(C(O)C2CCC2)c2ccccc2n1. The molecule has 0 spiro atoms. The van der Waals surface area contributed by atoms with Crippen molar-refractivity contribution in [3.8, 4) is 0 Å². The molecule has 3 rings (SSSR count). The van der Waals surface area contributed by atoms with Gasteiger partial charge in [0.05, 0.1) is 11.6 Å². The molecule has 1 aliphatic rings. The van der Waals surface area contributed by atoms with Crippen LogP contribution in [0, 0.1) is 12.8 Å². The second kappa shape index (κ2) is 4.11. The van der Waals surface area contributed by atoms with E-state index >= 15 is 0 Å². The molecule has 1 aromatic carbocycles. The van der Waals surface area contributed by atoms with E-state index in [4.69, 9.17) is 0 Å². The molecule has 1 aromatic heterocycles. The van der Waals surface area contributed by atoms with E-state index in [1.807, 2.05) is 31.2 Å². The zero-order chi connectivity index (χ0) is 11.8. The molecule has 2 aromatic rings. The summed E-state index contributed by atoms with van der Waals surface area (Å²) in [5.74, 6) is 0.445. The van der Waals surface area contributed by atoms with E-state index in [1.54, 1.807) is 0 Å². The number of hydrogen-bond donors (Lipinski definition) is 1. The minimum Gasteiger partial charge on any atom is -0.388 e. The predicted molar refractivity (Wildman–Crippen MR) is 68.8 cm³/mol. The molecule has 0 saturated heterocycles. The summed E-state index contributed by atoms with van der Waals surface area (Å²) in [5.41, 5.74) is 3.02. The Hall–Kier alpha value is -1.41. The van der Waals surface area contributed by atoms with Gasteiger partial charge in [-0.05, 0) is 43.4 Å². The molecule has 0 radical (unpaired) electrons. The fraction of sp³-hybridized carbons (Fsp3) is 0.400. The number of para-hydroxylation sites is 1. The summed E-state index contributed by atoms with van der Waals surface area (Å²) in [6.45, 7) is 1.99.